The number of carbonyl (C=O) groups excluding carboxylic acids is 1. The van der Waals surface area contributed by atoms with Gasteiger partial charge in [0.1, 0.15) is 0 Å². The van der Waals surface area contributed by atoms with Gasteiger partial charge in [-0.25, -0.2) is 9.97 Å². The number of ether oxygens (including phenoxy) is 1. The molecule has 0 saturated carbocycles. The molecule has 4 aromatic rings. The highest BCUT2D eigenvalue weighted by atomic mass is 19.1. The maximum Gasteiger partial charge on any atom is 0.258 e. The van der Waals surface area contributed by atoms with Crippen LogP contribution in [0.1, 0.15) is 48.3 Å². The van der Waals surface area contributed by atoms with Crippen LogP contribution in [0.4, 0.5) is 16.0 Å². The van der Waals surface area contributed by atoms with Crippen molar-refractivity contribution in [3.63, 3.8) is 0 Å². The zero-order valence-electron chi connectivity index (χ0n) is 21.2. The molecule has 4 heterocycles. The molecule has 1 amide bonds. The van der Waals surface area contributed by atoms with Gasteiger partial charge in [0.2, 0.25) is 17.7 Å². The van der Waals surface area contributed by atoms with E-state index in [1.807, 2.05) is 45.9 Å². The predicted octanol–water partition coefficient (Wildman–Crippen LogP) is 5.13. The minimum absolute atomic E-state index is 0.266. The number of hydrogen-bond acceptors (Lipinski definition) is 6. The molecule has 1 N–H and O–H groups in total. The SMILES string of the molecule is Cc1ccc(C(=O)Nc2cnc(C(C)(C)C)o2)cc1-c1cc(N2CCOCC2)c2nc(C)c(F)n2c1. The maximum absolute atomic E-state index is 15.0. The Kier molecular flexibility index (Phi) is 6.04. The number of aryl methyl sites for hydroxylation is 2. The van der Waals surface area contributed by atoms with Crippen molar-refractivity contribution in [1.82, 2.24) is 14.4 Å². The van der Waals surface area contributed by atoms with Gasteiger partial charge in [-0.3, -0.25) is 14.5 Å². The molecule has 0 radical (unpaired) electrons. The Bertz CT molecular complexity index is 1440. The van der Waals surface area contributed by atoms with Crippen molar-refractivity contribution >= 4 is 23.1 Å². The van der Waals surface area contributed by atoms with Gasteiger partial charge in [0.15, 0.2) is 5.65 Å². The molecule has 36 heavy (non-hydrogen) atoms. The van der Waals surface area contributed by atoms with E-state index < -0.39 is 5.95 Å². The van der Waals surface area contributed by atoms with Gasteiger partial charge in [-0.1, -0.05) is 26.8 Å². The van der Waals surface area contributed by atoms with E-state index in [-0.39, 0.29) is 11.3 Å². The first-order valence-corrected chi connectivity index (χ1v) is 12.0. The number of halogens is 1. The fourth-order valence-electron chi connectivity index (χ4n) is 4.33. The summed E-state index contributed by atoms with van der Waals surface area (Å²) in [4.78, 5) is 24.0. The highest BCUT2D eigenvalue weighted by Crippen LogP contribution is 2.33. The molecule has 1 aliphatic heterocycles. The second kappa shape index (κ2) is 9.05. The third-order valence-corrected chi connectivity index (χ3v) is 6.35. The third kappa shape index (κ3) is 4.46. The number of imidazole rings is 1. The van der Waals surface area contributed by atoms with Crippen LogP contribution in [-0.4, -0.2) is 46.6 Å². The number of oxazole rings is 1. The molecule has 8 nitrogen and oxygen atoms in total. The minimum atomic E-state index is -0.395. The van der Waals surface area contributed by atoms with Crippen molar-refractivity contribution in [2.75, 3.05) is 36.5 Å². The summed E-state index contributed by atoms with van der Waals surface area (Å²) in [6.45, 7) is 12.2. The number of pyridine rings is 1. The Balaban J connectivity index is 1.53. The van der Waals surface area contributed by atoms with Crippen molar-refractivity contribution in [3.05, 3.63) is 65.3 Å². The average Bonchev–Trinajstić information content (AvgIpc) is 3.44. The van der Waals surface area contributed by atoms with E-state index >= 15 is 4.39 Å². The molecule has 0 atom stereocenters. The number of hydrogen-bond donors (Lipinski definition) is 1. The van der Waals surface area contributed by atoms with Gasteiger partial charge in [-0.2, -0.15) is 4.39 Å². The number of benzene rings is 1. The van der Waals surface area contributed by atoms with Crippen molar-refractivity contribution < 1.29 is 18.3 Å². The van der Waals surface area contributed by atoms with E-state index in [0.717, 1.165) is 22.4 Å². The lowest BCUT2D eigenvalue weighted by Crippen LogP contribution is -2.36. The molecule has 1 saturated heterocycles. The van der Waals surface area contributed by atoms with Crippen LogP contribution in [0, 0.1) is 19.8 Å². The van der Waals surface area contributed by atoms with Gasteiger partial charge in [0, 0.05) is 35.8 Å². The van der Waals surface area contributed by atoms with Gasteiger partial charge in [-0.15, -0.1) is 0 Å². The summed E-state index contributed by atoms with van der Waals surface area (Å²) in [6, 6.07) is 7.48. The van der Waals surface area contributed by atoms with Gasteiger partial charge in [0.25, 0.3) is 5.91 Å². The molecule has 1 aliphatic rings. The summed E-state index contributed by atoms with van der Waals surface area (Å²) in [5.74, 6) is 0.128. The second-order valence-corrected chi connectivity index (χ2v) is 10.2. The molecule has 0 spiro atoms. The Morgan fingerprint density at radius 3 is 2.58 bits per heavy atom. The predicted molar refractivity (Wildman–Crippen MR) is 136 cm³/mol. The topological polar surface area (TPSA) is 84.9 Å². The zero-order valence-corrected chi connectivity index (χ0v) is 21.2. The number of anilines is 2. The number of fused-ring (bicyclic) bond motifs is 1. The van der Waals surface area contributed by atoms with Crippen LogP contribution in [-0.2, 0) is 10.2 Å². The smallest absolute Gasteiger partial charge is 0.258 e. The number of morpholine rings is 1. The summed E-state index contributed by atoms with van der Waals surface area (Å²) in [6.07, 6.45) is 3.25. The molecule has 1 aromatic carbocycles. The minimum Gasteiger partial charge on any atom is -0.424 e. The molecular weight excluding hydrogens is 461 g/mol. The van der Waals surface area contributed by atoms with Crippen molar-refractivity contribution in [2.45, 2.75) is 40.0 Å². The van der Waals surface area contributed by atoms with Crippen LogP contribution in [0.15, 0.2) is 41.1 Å². The van der Waals surface area contributed by atoms with Gasteiger partial charge in [0.05, 0.1) is 30.8 Å². The summed E-state index contributed by atoms with van der Waals surface area (Å²) in [5.41, 5.74) is 4.53. The molecule has 188 valence electrons. The number of nitrogens with one attached hydrogen (secondary N) is 1. The van der Waals surface area contributed by atoms with Gasteiger partial charge >= 0.3 is 0 Å². The summed E-state index contributed by atoms with van der Waals surface area (Å²) >= 11 is 0. The molecule has 3 aromatic heterocycles. The molecule has 0 bridgehead atoms. The number of carbonyl (C=O) groups is 1. The van der Waals surface area contributed by atoms with Gasteiger partial charge < -0.3 is 14.1 Å². The lowest BCUT2D eigenvalue weighted by atomic mass is 9.97. The number of rotatable bonds is 4. The van der Waals surface area contributed by atoms with Crippen LogP contribution in [0.3, 0.4) is 0 Å². The first-order valence-electron chi connectivity index (χ1n) is 12.0. The summed E-state index contributed by atoms with van der Waals surface area (Å²) in [7, 11) is 0. The van der Waals surface area contributed by atoms with Crippen LogP contribution < -0.4 is 10.2 Å². The van der Waals surface area contributed by atoms with Gasteiger partial charge in [-0.05, 0) is 43.2 Å². The van der Waals surface area contributed by atoms with Crippen molar-refractivity contribution in [3.8, 4) is 11.1 Å². The first-order chi connectivity index (χ1) is 17.1. The maximum atomic E-state index is 15.0. The highest BCUT2D eigenvalue weighted by molar-refractivity contribution is 6.04. The molecule has 9 heteroatoms. The molecule has 0 unspecified atom stereocenters. The first kappa shape index (κ1) is 24.0. The molecular formula is C27H30FN5O3. The van der Waals surface area contributed by atoms with Crippen molar-refractivity contribution in [2.24, 2.45) is 0 Å². The standard InChI is InChI=1S/C27H30FN5O3/c1-16-6-7-18(25(34)31-22-14-29-26(36-22)27(3,4)5)12-20(16)19-13-21(32-8-10-35-11-9-32)24-30-17(2)23(28)33(24)15-19/h6-7,12-15H,8-11H2,1-5H3,(H,31,34). The lowest BCUT2D eigenvalue weighted by Gasteiger charge is -2.29. The van der Waals surface area contributed by atoms with Crippen LogP contribution in [0.2, 0.25) is 0 Å². The van der Waals surface area contributed by atoms with Crippen LogP contribution >= 0.6 is 0 Å². The monoisotopic (exact) mass is 491 g/mol. The summed E-state index contributed by atoms with van der Waals surface area (Å²) in [5, 5.41) is 2.79. The van der Waals surface area contributed by atoms with E-state index in [2.05, 4.69) is 20.2 Å². The molecule has 0 aliphatic carbocycles. The van der Waals surface area contributed by atoms with E-state index in [4.69, 9.17) is 9.15 Å². The van der Waals surface area contributed by atoms with E-state index in [9.17, 15) is 4.79 Å². The van der Waals surface area contributed by atoms with Crippen LogP contribution in [0.5, 0.6) is 0 Å². The van der Waals surface area contributed by atoms with E-state index in [1.54, 1.807) is 19.2 Å². The van der Waals surface area contributed by atoms with Crippen LogP contribution in [0.25, 0.3) is 16.8 Å². The molecule has 5 rings (SSSR count). The molecule has 1 fully saturated rings. The second-order valence-electron chi connectivity index (χ2n) is 10.2. The van der Waals surface area contributed by atoms with E-state index in [0.29, 0.717) is 55.0 Å². The Hall–Kier alpha value is -3.72. The highest BCUT2D eigenvalue weighted by Gasteiger charge is 2.23. The number of amides is 1. The zero-order chi connectivity index (χ0) is 25.6. The lowest BCUT2D eigenvalue weighted by molar-refractivity contribution is 0.102. The number of nitrogens with zero attached hydrogens (tertiary/aromatic N) is 4. The fourth-order valence-corrected chi connectivity index (χ4v) is 4.33. The van der Waals surface area contributed by atoms with Crippen molar-refractivity contribution in [1.29, 1.82) is 0 Å². The Morgan fingerprint density at radius 1 is 1.14 bits per heavy atom. The quantitative estimate of drug-likeness (QED) is 0.426. The Labute approximate surface area is 209 Å². The average molecular weight is 492 g/mol. The largest absolute Gasteiger partial charge is 0.424 e. The normalized spacial score (nSPS) is 14.4. The number of aromatic nitrogens is 3. The third-order valence-electron chi connectivity index (χ3n) is 6.35. The van der Waals surface area contributed by atoms with E-state index in [1.165, 1.54) is 10.6 Å². The Morgan fingerprint density at radius 2 is 1.89 bits per heavy atom. The fraction of sp³-hybridized carbons (Fsp3) is 0.370. The summed E-state index contributed by atoms with van der Waals surface area (Å²) < 4.78 is 27.7.